The van der Waals surface area contributed by atoms with E-state index in [1.807, 2.05) is 37.5 Å². The van der Waals surface area contributed by atoms with E-state index in [1.54, 1.807) is 11.8 Å². The SMILES string of the molecule is CCNCc1c(Cl)cccc1Sc1ncc(C)cn1. The molecule has 0 unspecified atom stereocenters. The summed E-state index contributed by atoms with van der Waals surface area (Å²) < 4.78 is 0. The maximum atomic E-state index is 6.26. The van der Waals surface area contributed by atoms with E-state index < -0.39 is 0 Å². The molecule has 0 aliphatic rings. The van der Waals surface area contributed by atoms with Crippen LogP contribution in [0.1, 0.15) is 18.1 Å². The molecule has 0 aliphatic carbocycles. The summed E-state index contributed by atoms with van der Waals surface area (Å²) >= 11 is 7.80. The van der Waals surface area contributed by atoms with Gasteiger partial charge < -0.3 is 5.32 Å². The number of rotatable bonds is 5. The molecule has 0 saturated carbocycles. The van der Waals surface area contributed by atoms with Crippen LogP contribution in [0.5, 0.6) is 0 Å². The van der Waals surface area contributed by atoms with Gasteiger partial charge in [0.15, 0.2) is 5.16 Å². The molecule has 2 rings (SSSR count). The van der Waals surface area contributed by atoms with E-state index in [0.717, 1.165) is 39.3 Å². The van der Waals surface area contributed by atoms with Crippen LogP contribution >= 0.6 is 23.4 Å². The number of aromatic nitrogens is 2. The fourth-order valence-electron chi connectivity index (χ4n) is 1.59. The van der Waals surface area contributed by atoms with Gasteiger partial charge in [0.1, 0.15) is 0 Å². The van der Waals surface area contributed by atoms with Crippen LogP contribution in [0.3, 0.4) is 0 Å². The van der Waals surface area contributed by atoms with Crippen molar-refractivity contribution in [3.05, 3.63) is 46.7 Å². The average molecular weight is 294 g/mol. The van der Waals surface area contributed by atoms with Gasteiger partial charge in [-0.05, 0) is 48.5 Å². The Labute approximate surface area is 122 Å². The first-order valence-electron chi connectivity index (χ1n) is 6.15. The molecule has 5 heteroatoms. The largest absolute Gasteiger partial charge is 0.313 e. The minimum absolute atomic E-state index is 0.741. The van der Waals surface area contributed by atoms with Gasteiger partial charge in [-0.25, -0.2) is 9.97 Å². The van der Waals surface area contributed by atoms with E-state index in [2.05, 4.69) is 22.2 Å². The predicted molar refractivity (Wildman–Crippen MR) is 79.7 cm³/mol. The molecule has 1 aromatic heterocycles. The molecule has 2 aromatic rings. The zero-order valence-electron chi connectivity index (χ0n) is 11.0. The molecule has 1 heterocycles. The molecule has 1 aromatic carbocycles. The van der Waals surface area contributed by atoms with Crippen LogP contribution < -0.4 is 5.32 Å². The Morgan fingerprint density at radius 1 is 1.26 bits per heavy atom. The molecule has 3 nitrogen and oxygen atoms in total. The lowest BCUT2D eigenvalue weighted by Crippen LogP contribution is -2.12. The van der Waals surface area contributed by atoms with E-state index in [1.165, 1.54) is 0 Å². The maximum Gasteiger partial charge on any atom is 0.192 e. The lowest BCUT2D eigenvalue weighted by Gasteiger charge is -2.10. The second-order valence-electron chi connectivity index (χ2n) is 4.14. The van der Waals surface area contributed by atoms with Crippen molar-refractivity contribution in [2.24, 2.45) is 0 Å². The first-order chi connectivity index (χ1) is 9.20. The highest BCUT2D eigenvalue weighted by Crippen LogP contribution is 2.31. The van der Waals surface area contributed by atoms with Gasteiger partial charge >= 0.3 is 0 Å². The molecule has 0 amide bonds. The summed E-state index contributed by atoms with van der Waals surface area (Å²) in [6, 6.07) is 5.91. The predicted octanol–water partition coefficient (Wildman–Crippen LogP) is 3.70. The van der Waals surface area contributed by atoms with Crippen molar-refractivity contribution in [3.63, 3.8) is 0 Å². The first kappa shape index (κ1) is 14.3. The molecule has 0 fully saturated rings. The van der Waals surface area contributed by atoms with Gasteiger partial charge in [-0.15, -0.1) is 0 Å². The summed E-state index contributed by atoms with van der Waals surface area (Å²) in [5.74, 6) is 0. The zero-order chi connectivity index (χ0) is 13.7. The zero-order valence-corrected chi connectivity index (χ0v) is 12.6. The van der Waals surface area contributed by atoms with Gasteiger partial charge in [-0.2, -0.15) is 0 Å². The summed E-state index contributed by atoms with van der Waals surface area (Å²) in [6.07, 6.45) is 3.65. The molecular formula is C14H16ClN3S. The number of hydrogen-bond acceptors (Lipinski definition) is 4. The average Bonchev–Trinajstić information content (AvgIpc) is 2.41. The van der Waals surface area contributed by atoms with Crippen molar-refractivity contribution >= 4 is 23.4 Å². The summed E-state index contributed by atoms with van der Waals surface area (Å²) in [7, 11) is 0. The van der Waals surface area contributed by atoms with Gasteiger partial charge in [0.05, 0.1) is 0 Å². The Bertz CT molecular complexity index is 543. The highest BCUT2D eigenvalue weighted by Gasteiger charge is 2.09. The number of nitrogens with zero attached hydrogens (tertiary/aromatic N) is 2. The summed E-state index contributed by atoms with van der Waals surface area (Å²) in [5, 5.41) is 4.82. The van der Waals surface area contributed by atoms with Crippen molar-refractivity contribution < 1.29 is 0 Å². The van der Waals surface area contributed by atoms with Gasteiger partial charge in [-0.3, -0.25) is 0 Å². The standard InChI is InChI=1S/C14H16ClN3S/c1-3-16-9-11-12(15)5-4-6-13(11)19-14-17-7-10(2)8-18-14/h4-8,16H,3,9H2,1-2H3. The summed E-state index contributed by atoms with van der Waals surface area (Å²) in [6.45, 7) is 5.72. The number of halogens is 1. The Balaban J connectivity index is 2.23. The molecule has 0 aliphatic heterocycles. The number of nitrogens with one attached hydrogen (secondary N) is 1. The summed E-state index contributed by atoms with van der Waals surface area (Å²) in [5.41, 5.74) is 2.16. The van der Waals surface area contributed by atoms with Crippen molar-refractivity contribution in [1.82, 2.24) is 15.3 Å². The van der Waals surface area contributed by atoms with Gasteiger partial charge in [0, 0.05) is 28.9 Å². The summed E-state index contributed by atoms with van der Waals surface area (Å²) in [4.78, 5) is 9.72. The minimum Gasteiger partial charge on any atom is -0.313 e. The molecule has 0 spiro atoms. The molecule has 0 bridgehead atoms. The molecule has 100 valence electrons. The van der Waals surface area contributed by atoms with Crippen molar-refractivity contribution in [1.29, 1.82) is 0 Å². The van der Waals surface area contributed by atoms with E-state index >= 15 is 0 Å². The van der Waals surface area contributed by atoms with Crippen LogP contribution in [-0.4, -0.2) is 16.5 Å². The lowest BCUT2D eigenvalue weighted by molar-refractivity contribution is 0.718. The van der Waals surface area contributed by atoms with Gasteiger partial charge in [-0.1, -0.05) is 24.6 Å². The fourth-order valence-corrected chi connectivity index (χ4v) is 2.74. The van der Waals surface area contributed by atoms with Crippen LogP contribution in [0.2, 0.25) is 5.02 Å². The van der Waals surface area contributed by atoms with Crippen molar-refractivity contribution in [2.45, 2.75) is 30.4 Å². The topological polar surface area (TPSA) is 37.8 Å². The van der Waals surface area contributed by atoms with Crippen LogP contribution in [0.15, 0.2) is 40.6 Å². The van der Waals surface area contributed by atoms with Gasteiger partial charge in [0.2, 0.25) is 0 Å². The molecule has 0 atom stereocenters. The van der Waals surface area contributed by atoms with E-state index in [4.69, 9.17) is 11.6 Å². The van der Waals surface area contributed by atoms with Gasteiger partial charge in [0.25, 0.3) is 0 Å². The van der Waals surface area contributed by atoms with E-state index in [9.17, 15) is 0 Å². The second kappa shape index (κ2) is 6.89. The highest BCUT2D eigenvalue weighted by molar-refractivity contribution is 7.99. The normalized spacial score (nSPS) is 10.7. The van der Waals surface area contributed by atoms with Crippen LogP contribution in [0.4, 0.5) is 0 Å². The Morgan fingerprint density at radius 3 is 2.68 bits per heavy atom. The van der Waals surface area contributed by atoms with Crippen LogP contribution in [-0.2, 0) is 6.54 Å². The van der Waals surface area contributed by atoms with E-state index in [-0.39, 0.29) is 0 Å². The Morgan fingerprint density at radius 2 is 2.00 bits per heavy atom. The minimum atomic E-state index is 0.741. The quantitative estimate of drug-likeness (QED) is 0.853. The lowest BCUT2D eigenvalue weighted by atomic mass is 10.2. The Hall–Kier alpha value is -1.10. The van der Waals surface area contributed by atoms with Crippen LogP contribution in [0, 0.1) is 6.92 Å². The fraction of sp³-hybridized carbons (Fsp3) is 0.286. The first-order valence-corrected chi connectivity index (χ1v) is 7.34. The highest BCUT2D eigenvalue weighted by atomic mass is 35.5. The molecule has 0 radical (unpaired) electrons. The number of hydrogen-bond donors (Lipinski definition) is 1. The van der Waals surface area contributed by atoms with E-state index in [0.29, 0.717) is 0 Å². The number of benzene rings is 1. The third-order valence-electron chi connectivity index (χ3n) is 2.59. The van der Waals surface area contributed by atoms with Crippen molar-refractivity contribution in [2.75, 3.05) is 6.54 Å². The molecular weight excluding hydrogens is 278 g/mol. The smallest absolute Gasteiger partial charge is 0.192 e. The molecule has 1 N–H and O–H groups in total. The van der Waals surface area contributed by atoms with Crippen molar-refractivity contribution in [3.8, 4) is 0 Å². The third-order valence-corrected chi connectivity index (χ3v) is 3.94. The Kier molecular flexibility index (Phi) is 5.19. The maximum absolute atomic E-state index is 6.26. The molecule has 0 saturated heterocycles. The third kappa shape index (κ3) is 3.93. The molecule has 19 heavy (non-hydrogen) atoms. The monoisotopic (exact) mass is 293 g/mol. The number of aryl methyl sites for hydroxylation is 1. The second-order valence-corrected chi connectivity index (χ2v) is 5.56. The van der Waals surface area contributed by atoms with Crippen LogP contribution in [0.25, 0.3) is 0 Å².